The van der Waals surface area contributed by atoms with E-state index in [1.807, 2.05) is 24.9 Å². The number of carbonyl (C=O) groups excluding carboxylic acids is 1. The van der Waals surface area contributed by atoms with Crippen molar-refractivity contribution in [2.75, 3.05) is 38.1 Å². The Morgan fingerprint density at radius 2 is 1.84 bits per heavy atom. The molecule has 2 aliphatic rings. The molecule has 1 saturated carbocycles. The standard InChI is InChI=1S/C24H26FN5O2/c1-15-3-4-16(23(31)27-17-5-6-17)11-21(15)30-14-26-20-13-19(25)22(12-18(20)24(30)32)29-9-7-28(2)8-10-29/h3-4,11-14,17H,5-10H2,1-2H3,(H,27,31). The van der Waals surface area contributed by atoms with E-state index in [1.165, 1.54) is 17.0 Å². The molecule has 0 atom stereocenters. The van der Waals surface area contributed by atoms with Gasteiger partial charge in [-0.15, -0.1) is 0 Å². The fourth-order valence-electron chi connectivity index (χ4n) is 4.10. The average Bonchev–Trinajstić information content (AvgIpc) is 3.59. The second-order valence-corrected chi connectivity index (χ2v) is 8.78. The van der Waals surface area contributed by atoms with Crippen LogP contribution in [0.1, 0.15) is 28.8 Å². The van der Waals surface area contributed by atoms with E-state index in [0.29, 0.717) is 40.9 Å². The lowest BCUT2D eigenvalue weighted by molar-refractivity contribution is 0.0951. The Kier molecular flexibility index (Phi) is 5.17. The molecule has 3 aromatic rings. The average molecular weight is 436 g/mol. The van der Waals surface area contributed by atoms with Gasteiger partial charge in [-0.25, -0.2) is 9.37 Å². The highest BCUT2D eigenvalue weighted by atomic mass is 19.1. The summed E-state index contributed by atoms with van der Waals surface area (Å²) in [6.07, 6.45) is 3.42. The number of aromatic nitrogens is 2. The Hall–Kier alpha value is -3.26. The molecule has 32 heavy (non-hydrogen) atoms. The molecule has 1 N–H and O–H groups in total. The SMILES string of the molecule is Cc1ccc(C(=O)NC2CC2)cc1-n1cnc2cc(F)c(N3CCN(C)CC3)cc2c1=O. The van der Waals surface area contributed by atoms with Crippen LogP contribution in [0, 0.1) is 12.7 Å². The number of likely N-dealkylation sites (N-methyl/N-ethyl adjacent to an activating group) is 1. The lowest BCUT2D eigenvalue weighted by Crippen LogP contribution is -2.44. The van der Waals surface area contributed by atoms with Crippen LogP contribution in [-0.4, -0.2) is 59.6 Å². The summed E-state index contributed by atoms with van der Waals surface area (Å²) in [5.41, 5.74) is 2.41. The van der Waals surface area contributed by atoms with Crippen molar-refractivity contribution in [1.29, 1.82) is 0 Å². The molecule has 0 spiro atoms. The molecule has 5 rings (SSSR count). The van der Waals surface area contributed by atoms with Crippen LogP contribution in [-0.2, 0) is 0 Å². The number of rotatable bonds is 4. The van der Waals surface area contributed by atoms with E-state index in [1.54, 1.807) is 18.2 Å². The normalized spacial score (nSPS) is 17.0. The third-order valence-electron chi connectivity index (χ3n) is 6.31. The van der Waals surface area contributed by atoms with Crippen molar-refractivity contribution in [2.24, 2.45) is 0 Å². The van der Waals surface area contributed by atoms with Crippen molar-refractivity contribution in [1.82, 2.24) is 19.8 Å². The minimum Gasteiger partial charge on any atom is -0.367 e. The van der Waals surface area contributed by atoms with Gasteiger partial charge in [0.15, 0.2) is 0 Å². The Balaban J connectivity index is 1.56. The van der Waals surface area contributed by atoms with Gasteiger partial charge in [-0.05, 0) is 50.6 Å². The molecule has 1 aromatic heterocycles. The second kappa shape index (κ2) is 8.02. The molecule has 2 fully saturated rings. The van der Waals surface area contributed by atoms with Gasteiger partial charge >= 0.3 is 0 Å². The molecule has 166 valence electrons. The minimum atomic E-state index is -0.373. The first-order chi connectivity index (χ1) is 15.4. The van der Waals surface area contributed by atoms with E-state index in [2.05, 4.69) is 15.2 Å². The van der Waals surface area contributed by atoms with Gasteiger partial charge in [0.25, 0.3) is 11.5 Å². The number of amides is 1. The molecular weight excluding hydrogens is 409 g/mol. The largest absolute Gasteiger partial charge is 0.367 e. The van der Waals surface area contributed by atoms with Gasteiger partial charge in [-0.2, -0.15) is 0 Å². The fourth-order valence-corrected chi connectivity index (χ4v) is 4.10. The molecule has 8 heteroatoms. The van der Waals surface area contributed by atoms with Crippen LogP contribution >= 0.6 is 0 Å². The summed E-state index contributed by atoms with van der Waals surface area (Å²) in [5.74, 6) is -0.517. The van der Waals surface area contributed by atoms with Gasteiger partial charge in [0.2, 0.25) is 0 Å². The number of benzene rings is 2. The van der Waals surface area contributed by atoms with Crippen LogP contribution in [0.3, 0.4) is 0 Å². The Bertz CT molecular complexity index is 1260. The summed E-state index contributed by atoms with van der Waals surface area (Å²) >= 11 is 0. The van der Waals surface area contributed by atoms with Gasteiger partial charge in [-0.1, -0.05) is 6.07 Å². The molecule has 0 radical (unpaired) electrons. The van der Waals surface area contributed by atoms with Crippen molar-refractivity contribution >= 4 is 22.5 Å². The quantitative estimate of drug-likeness (QED) is 0.682. The lowest BCUT2D eigenvalue weighted by Gasteiger charge is -2.34. The zero-order valence-electron chi connectivity index (χ0n) is 18.3. The summed E-state index contributed by atoms with van der Waals surface area (Å²) in [5, 5.41) is 3.33. The van der Waals surface area contributed by atoms with Gasteiger partial charge in [0, 0.05) is 43.9 Å². The first kappa shape index (κ1) is 20.6. The van der Waals surface area contributed by atoms with E-state index in [4.69, 9.17) is 0 Å². The van der Waals surface area contributed by atoms with Crippen LogP contribution in [0.15, 0.2) is 41.5 Å². The molecule has 1 amide bonds. The first-order valence-corrected chi connectivity index (χ1v) is 11.0. The van der Waals surface area contributed by atoms with Crippen LogP contribution in [0.2, 0.25) is 0 Å². The Morgan fingerprint density at radius 3 is 2.56 bits per heavy atom. The smallest absolute Gasteiger partial charge is 0.265 e. The number of fused-ring (bicyclic) bond motifs is 1. The van der Waals surface area contributed by atoms with Crippen LogP contribution in [0.4, 0.5) is 10.1 Å². The number of anilines is 1. The molecule has 2 aromatic carbocycles. The number of halogens is 1. The number of nitrogens with one attached hydrogen (secondary N) is 1. The highest BCUT2D eigenvalue weighted by Gasteiger charge is 2.24. The van der Waals surface area contributed by atoms with Crippen molar-refractivity contribution in [3.05, 3.63) is 64.0 Å². The highest BCUT2D eigenvalue weighted by Crippen LogP contribution is 2.25. The topological polar surface area (TPSA) is 70.5 Å². The molecule has 1 aliphatic heterocycles. The van der Waals surface area contributed by atoms with Gasteiger partial charge in [0.1, 0.15) is 12.1 Å². The van der Waals surface area contributed by atoms with Gasteiger partial charge in [-0.3, -0.25) is 14.2 Å². The molecule has 7 nitrogen and oxygen atoms in total. The predicted molar refractivity (Wildman–Crippen MR) is 122 cm³/mol. The Morgan fingerprint density at radius 1 is 1.09 bits per heavy atom. The van der Waals surface area contributed by atoms with Crippen molar-refractivity contribution in [2.45, 2.75) is 25.8 Å². The zero-order chi connectivity index (χ0) is 22.4. The highest BCUT2D eigenvalue weighted by molar-refractivity contribution is 5.95. The summed E-state index contributed by atoms with van der Waals surface area (Å²) < 4.78 is 16.3. The number of hydrogen-bond acceptors (Lipinski definition) is 5. The van der Waals surface area contributed by atoms with Crippen molar-refractivity contribution < 1.29 is 9.18 Å². The van der Waals surface area contributed by atoms with Crippen LogP contribution in [0.25, 0.3) is 16.6 Å². The number of carbonyl (C=O) groups is 1. The molecule has 1 saturated heterocycles. The Labute approximate surface area is 185 Å². The first-order valence-electron chi connectivity index (χ1n) is 11.0. The number of aryl methyl sites for hydroxylation is 1. The van der Waals surface area contributed by atoms with Crippen molar-refractivity contribution in [3.8, 4) is 5.69 Å². The molecule has 1 aliphatic carbocycles. The van der Waals surface area contributed by atoms with E-state index >= 15 is 0 Å². The van der Waals surface area contributed by atoms with Crippen molar-refractivity contribution in [3.63, 3.8) is 0 Å². The lowest BCUT2D eigenvalue weighted by atomic mass is 10.1. The predicted octanol–water partition coefficient (Wildman–Crippen LogP) is 2.48. The van der Waals surface area contributed by atoms with Crippen LogP contribution < -0.4 is 15.8 Å². The van der Waals surface area contributed by atoms with Gasteiger partial charge in [0.05, 0.1) is 22.3 Å². The molecule has 2 heterocycles. The summed E-state index contributed by atoms with van der Waals surface area (Å²) in [6, 6.07) is 8.50. The maximum absolute atomic E-state index is 14.8. The summed E-state index contributed by atoms with van der Waals surface area (Å²) in [7, 11) is 2.04. The third kappa shape index (κ3) is 3.86. The molecule has 0 bridgehead atoms. The second-order valence-electron chi connectivity index (χ2n) is 8.78. The molecular formula is C24H26FN5O2. The number of nitrogens with zero attached hydrogens (tertiary/aromatic N) is 4. The summed E-state index contributed by atoms with van der Waals surface area (Å²) in [4.78, 5) is 34.4. The number of hydrogen-bond donors (Lipinski definition) is 1. The van der Waals surface area contributed by atoms with E-state index in [0.717, 1.165) is 31.5 Å². The van der Waals surface area contributed by atoms with E-state index in [-0.39, 0.29) is 23.3 Å². The van der Waals surface area contributed by atoms with Crippen LogP contribution in [0.5, 0.6) is 0 Å². The fraction of sp³-hybridized carbons (Fsp3) is 0.375. The number of piperazine rings is 1. The maximum atomic E-state index is 14.8. The van der Waals surface area contributed by atoms with E-state index < -0.39 is 0 Å². The maximum Gasteiger partial charge on any atom is 0.265 e. The van der Waals surface area contributed by atoms with Gasteiger partial charge < -0.3 is 15.1 Å². The molecule has 0 unspecified atom stereocenters. The summed E-state index contributed by atoms with van der Waals surface area (Å²) in [6.45, 7) is 4.96. The van der Waals surface area contributed by atoms with E-state index in [9.17, 15) is 14.0 Å². The zero-order valence-corrected chi connectivity index (χ0v) is 18.3. The minimum absolute atomic E-state index is 0.144. The monoisotopic (exact) mass is 435 g/mol. The third-order valence-corrected chi connectivity index (χ3v) is 6.31.